The maximum Gasteiger partial charge on any atom is 0.515 e. The third-order valence-corrected chi connectivity index (χ3v) is 7.55. The molecule has 0 saturated carbocycles. The number of rotatable bonds is 16. The third-order valence-electron chi connectivity index (χ3n) is 7.55. The Hall–Kier alpha value is -5.86. The van der Waals surface area contributed by atoms with Gasteiger partial charge in [-0.15, -0.1) is 25.1 Å². The minimum absolute atomic E-state index is 0.159. The fourth-order valence-corrected chi connectivity index (χ4v) is 5.08. The molecule has 1 N–H and O–H groups in total. The zero-order valence-electron chi connectivity index (χ0n) is 27.6. The number of hydrogen-bond donors (Lipinski definition) is 1. The summed E-state index contributed by atoms with van der Waals surface area (Å²) in [6, 6.07) is 19.9. The predicted octanol–water partition coefficient (Wildman–Crippen LogP) is 6.08. The molecule has 0 saturated heterocycles. The van der Waals surface area contributed by atoms with Crippen molar-refractivity contribution in [2.45, 2.75) is 72.4 Å². The first kappa shape index (κ1) is 36.0. The monoisotopic (exact) mass is 674 g/mol. The van der Waals surface area contributed by atoms with Crippen LogP contribution in [-0.2, 0) is 32.3 Å². The van der Waals surface area contributed by atoms with Crippen LogP contribution in [0.5, 0.6) is 5.75 Å². The molecular weight excluding hydrogens is 636 g/mol. The van der Waals surface area contributed by atoms with Gasteiger partial charge in [0, 0.05) is 18.5 Å². The summed E-state index contributed by atoms with van der Waals surface area (Å²) < 4.78 is 10.5. The highest BCUT2D eigenvalue weighted by Crippen LogP contribution is 2.31. The third kappa shape index (κ3) is 9.82. The van der Waals surface area contributed by atoms with E-state index in [-0.39, 0.29) is 43.0 Å². The molecule has 3 aromatic carbocycles. The number of amides is 1. The van der Waals surface area contributed by atoms with Gasteiger partial charge in [-0.2, -0.15) is 0 Å². The first-order valence-corrected chi connectivity index (χ1v) is 15.7. The van der Waals surface area contributed by atoms with Crippen molar-refractivity contribution in [1.29, 1.82) is 0 Å². The lowest BCUT2D eigenvalue weighted by atomic mass is 9.97. The van der Waals surface area contributed by atoms with Gasteiger partial charge >= 0.3 is 12.1 Å². The van der Waals surface area contributed by atoms with E-state index in [2.05, 4.69) is 20.2 Å². The summed E-state index contributed by atoms with van der Waals surface area (Å²) in [6.07, 6.45) is -0.190. The van der Waals surface area contributed by atoms with Crippen molar-refractivity contribution in [1.82, 2.24) is 25.1 Å². The Bertz CT molecular complexity index is 1740. The van der Waals surface area contributed by atoms with Crippen LogP contribution in [-0.4, -0.2) is 59.4 Å². The highest BCUT2D eigenvalue weighted by molar-refractivity contribution is 5.84. The molecule has 1 amide bonds. The topological polar surface area (TPSA) is 189 Å². The van der Waals surface area contributed by atoms with Crippen molar-refractivity contribution in [3.63, 3.8) is 0 Å². The molecule has 0 radical (unpaired) electrons. The molecule has 1 heterocycles. The molecule has 0 bridgehead atoms. The smallest absolute Gasteiger partial charge is 0.480 e. The first-order chi connectivity index (χ1) is 23.5. The van der Waals surface area contributed by atoms with E-state index in [1.165, 1.54) is 29.2 Å². The van der Waals surface area contributed by atoms with Gasteiger partial charge in [-0.3, -0.25) is 4.79 Å². The molecule has 15 nitrogen and oxygen atoms in total. The molecule has 0 spiro atoms. The molecule has 0 fully saturated rings. The van der Waals surface area contributed by atoms with Crippen molar-refractivity contribution < 1.29 is 38.9 Å². The van der Waals surface area contributed by atoms with Gasteiger partial charge in [0.05, 0.1) is 0 Å². The van der Waals surface area contributed by atoms with E-state index in [0.29, 0.717) is 17.5 Å². The number of benzene rings is 3. The van der Waals surface area contributed by atoms with Crippen LogP contribution in [0.1, 0.15) is 64.3 Å². The average Bonchev–Trinajstić information content (AvgIpc) is 3.57. The normalized spacial score (nSPS) is 12.2. The second-order valence-corrected chi connectivity index (χ2v) is 11.5. The highest BCUT2D eigenvalue weighted by atomic mass is 16.9. The van der Waals surface area contributed by atoms with Crippen LogP contribution in [0.4, 0.5) is 4.79 Å². The van der Waals surface area contributed by atoms with Crippen LogP contribution in [0.25, 0.3) is 22.5 Å². The number of carboxylic acid groups (broad SMARTS) is 1. The predicted molar refractivity (Wildman–Crippen MR) is 175 cm³/mol. The zero-order chi connectivity index (χ0) is 35.5. The van der Waals surface area contributed by atoms with Crippen molar-refractivity contribution in [2.75, 3.05) is 0 Å². The van der Waals surface area contributed by atoms with Crippen LogP contribution in [0.3, 0.4) is 0 Å². The molecule has 0 aliphatic rings. The lowest BCUT2D eigenvalue weighted by Crippen LogP contribution is -2.47. The van der Waals surface area contributed by atoms with Gasteiger partial charge in [-0.25, -0.2) is 9.59 Å². The van der Waals surface area contributed by atoms with E-state index >= 15 is 0 Å². The molecule has 0 aliphatic heterocycles. The quantitative estimate of drug-likeness (QED) is 0.0625. The zero-order valence-corrected chi connectivity index (χ0v) is 27.6. The van der Waals surface area contributed by atoms with E-state index in [1.54, 1.807) is 20.8 Å². The van der Waals surface area contributed by atoms with E-state index in [0.717, 1.165) is 27.9 Å². The number of carbonyl (C=O) groups excluding carboxylic acids is 2. The Morgan fingerprint density at radius 3 is 2.22 bits per heavy atom. The number of ether oxygens (including phenoxy) is 2. The fourth-order valence-electron chi connectivity index (χ4n) is 5.08. The summed E-state index contributed by atoms with van der Waals surface area (Å²) in [5, 5.41) is 32.0. The standard InChI is InChI=1S/C34H38N6O9/c1-5-6-11-30(41)38(31(22(2)3)33(42)43)20-24-12-16-26(17-13-24)28-9-7-8-10-29(28)32-35-37-39(36-32)23(4)48-34(44)49-27-18-14-25(15-19-27)21-47-40(45)46/h7-10,12-19,22-23,31H,5-6,11,20-21H2,1-4H3,(H,42,43)/t23?,31-/m1/s1. The van der Waals surface area contributed by atoms with Gasteiger partial charge in [0.2, 0.25) is 18.0 Å². The molecule has 2 atom stereocenters. The minimum Gasteiger partial charge on any atom is -0.480 e. The van der Waals surface area contributed by atoms with Crippen LogP contribution < -0.4 is 4.74 Å². The van der Waals surface area contributed by atoms with Crippen molar-refractivity contribution in [3.05, 3.63) is 94.0 Å². The van der Waals surface area contributed by atoms with Crippen molar-refractivity contribution >= 4 is 18.0 Å². The summed E-state index contributed by atoms with van der Waals surface area (Å²) in [5.74, 6) is -1.04. The lowest BCUT2D eigenvalue weighted by molar-refractivity contribution is -0.763. The summed E-state index contributed by atoms with van der Waals surface area (Å²) in [6.45, 7) is 7.05. The maximum atomic E-state index is 13.1. The number of carbonyl (C=O) groups is 3. The van der Waals surface area contributed by atoms with E-state index in [1.807, 2.05) is 55.5 Å². The average molecular weight is 675 g/mol. The molecule has 4 rings (SSSR count). The van der Waals surface area contributed by atoms with E-state index < -0.39 is 29.5 Å². The Kier molecular flexibility index (Phi) is 12.3. The Labute approximate surface area is 282 Å². The van der Waals surface area contributed by atoms with Crippen molar-refractivity contribution in [2.24, 2.45) is 5.92 Å². The van der Waals surface area contributed by atoms with Gasteiger partial charge in [0.1, 0.15) is 18.4 Å². The van der Waals surface area contributed by atoms with Gasteiger partial charge in [0.25, 0.3) is 5.09 Å². The lowest BCUT2D eigenvalue weighted by Gasteiger charge is -2.32. The van der Waals surface area contributed by atoms with Gasteiger partial charge in [-0.05, 0) is 58.9 Å². The Morgan fingerprint density at radius 2 is 1.61 bits per heavy atom. The number of unbranched alkanes of at least 4 members (excludes halogenated alkanes) is 1. The molecule has 1 aromatic heterocycles. The van der Waals surface area contributed by atoms with E-state index in [9.17, 15) is 29.6 Å². The minimum atomic E-state index is -1.03. The highest BCUT2D eigenvalue weighted by Gasteiger charge is 2.32. The molecule has 4 aromatic rings. The van der Waals surface area contributed by atoms with Gasteiger partial charge < -0.3 is 24.3 Å². The van der Waals surface area contributed by atoms with Crippen LogP contribution in [0.2, 0.25) is 0 Å². The molecule has 15 heteroatoms. The molecule has 258 valence electrons. The fraction of sp³-hybridized carbons (Fsp3) is 0.353. The summed E-state index contributed by atoms with van der Waals surface area (Å²) >= 11 is 0. The number of aromatic nitrogens is 4. The largest absolute Gasteiger partial charge is 0.515 e. The van der Waals surface area contributed by atoms with Crippen LogP contribution in [0.15, 0.2) is 72.8 Å². The Morgan fingerprint density at radius 1 is 0.959 bits per heavy atom. The Balaban J connectivity index is 1.45. The number of hydrogen-bond acceptors (Lipinski definition) is 11. The maximum absolute atomic E-state index is 13.1. The molecule has 1 unspecified atom stereocenters. The number of tetrazole rings is 1. The number of nitrogens with zero attached hydrogens (tertiary/aromatic N) is 6. The summed E-state index contributed by atoms with van der Waals surface area (Å²) in [4.78, 5) is 54.8. The molecule has 49 heavy (non-hydrogen) atoms. The van der Waals surface area contributed by atoms with Gasteiger partial charge in [-0.1, -0.05) is 87.9 Å². The van der Waals surface area contributed by atoms with Crippen LogP contribution >= 0.6 is 0 Å². The second kappa shape index (κ2) is 16.8. The first-order valence-electron chi connectivity index (χ1n) is 15.7. The van der Waals surface area contributed by atoms with E-state index in [4.69, 9.17) is 9.47 Å². The number of carboxylic acids is 1. The second-order valence-electron chi connectivity index (χ2n) is 11.5. The van der Waals surface area contributed by atoms with Crippen molar-refractivity contribution in [3.8, 4) is 28.3 Å². The molecular formula is C34H38N6O9. The number of aliphatic carboxylic acids is 1. The van der Waals surface area contributed by atoms with Crippen LogP contribution in [0, 0.1) is 16.0 Å². The SMILES string of the molecule is CCCCC(=O)N(Cc1ccc(-c2ccccc2-c2nnn(C(C)OC(=O)Oc3ccc(CO[N+](=O)[O-])cc3)n2)cc1)[C@@H](C(=O)O)C(C)C. The summed E-state index contributed by atoms with van der Waals surface area (Å²) in [7, 11) is 0. The summed E-state index contributed by atoms with van der Waals surface area (Å²) in [5.41, 5.74) is 3.61. The molecule has 0 aliphatic carbocycles. The van der Waals surface area contributed by atoms with Gasteiger partial charge in [0.15, 0.2) is 0 Å².